The molecule has 16 heavy (non-hydrogen) atoms. The number of hydrogen-bond donors (Lipinski definition) is 0. The Morgan fingerprint density at radius 2 is 1.56 bits per heavy atom. The number of allylic oxidation sites excluding steroid dienone is 5. The van der Waals surface area contributed by atoms with Crippen LogP contribution in [0.3, 0.4) is 0 Å². The van der Waals surface area contributed by atoms with Crippen molar-refractivity contribution >= 4 is 0 Å². The summed E-state index contributed by atoms with van der Waals surface area (Å²) in [5.41, 5.74) is 1.44. The Morgan fingerprint density at radius 1 is 1.06 bits per heavy atom. The van der Waals surface area contributed by atoms with Gasteiger partial charge in [0.25, 0.3) is 0 Å². The topological polar surface area (TPSA) is 56.3 Å². The summed E-state index contributed by atoms with van der Waals surface area (Å²) in [6.07, 6.45) is 4.32. The Bertz CT molecular complexity index is 478. The maximum Gasteiger partial charge on any atom is 0.522 e. The molecule has 74 valence electrons. The largest absolute Gasteiger partial charge is 0.522 e. The van der Waals surface area contributed by atoms with Gasteiger partial charge in [0.15, 0.2) is 0 Å². The lowest BCUT2D eigenvalue weighted by atomic mass is 9.94. The summed E-state index contributed by atoms with van der Waals surface area (Å²) in [7, 11) is 0. The molecule has 0 aromatic carbocycles. The molecule has 4 nitrogen and oxygen atoms in total. The summed E-state index contributed by atoms with van der Waals surface area (Å²) < 4.78 is 0. The van der Waals surface area contributed by atoms with E-state index in [-0.39, 0.29) is 11.4 Å². The van der Waals surface area contributed by atoms with Crippen molar-refractivity contribution in [3.05, 3.63) is 57.5 Å². The van der Waals surface area contributed by atoms with E-state index in [1.807, 2.05) is 12.1 Å². The van der Waals surface area contributed by atoms with Crippen LogP contribution in [0.2, 0.25) is 0 Å². The van der Waals surface area contributed by atoms with E-state index in [0.29, 0.717) is 24.0 Å². The van der Waals surface area contributed by atoms with E-state index in [1.54, 1.807) is 12.2 Å². The molecule has 0 heterocycles. The summed E-state index contributed by atoms with van der Waals surface area (Å²) in [4.78, 5) is 6.24. The second-order valence-corrected chi connectivity index (χ2v) is 3.03. The number of rotatable bonds is 0. The van der Waals surface area contributed by atoms with Crippen LogP contribution in [0.5, 0.6) is 0 Å². The third-order valence-electron chi connectivity index (χ3n) is 2.19. The Morgan fingerprint density at radius 3 is 1.94 bits per heavy atom. The first-order valence-electron chi connectivity index (χ1n) is 4.46. The molecule has 0 fully saturated rings. The van der Waals surface area contributed by atoms with Crippen molar-refractivity contribution < 1.29 is 0 Å². The van der Waals surface area contributed by atoms with E-state index in [9.17, 15) is 0 Å². The molecule has 0 spiro atoms. The normalized spacial score (nSPS) is 13.0. The highest BCUT2D eigenvalue weighted by Gasteiger charge is 2.16. The first-order valence-corrected chi connectivity index (χ1v) is 4.46. The van der Waals surface area contributed by atoms with E-state index < -0.39 is 0 Å². The van der Waals surface area contributed by atoms with Gasteiger partial charge in [0.2, 0.25) is 0 Å². The highest BCUT2D eigenvalue weighted by molar-refractivity contribution is 5.49. The van der Waals surface area contributed by atoms with Gasteiger partial charge in [-0.2, -0.15) is 20.2 Å². The van der Waals surface area contributed by atoms with Gasteiger partial charge in [0.05, 0.1) is 0 Å². The van der Waals surface area contributed by atoms with E-state index in [4.69, 9.17) is 23.7 Å². The van der Waals surface area contributed by atoms with Crippen LogP contribution in [0.25, 0.3) is 9.69 Å². The average Bonchev–Trinajstić information content (AvgIpc) is 2.34. The molecule has 1 rings (SSSR count). The molecule has 0 unspecified atom stereocenters. The second kappa shape index (κ2) is 5.16. The molecule has 0 bridgehead atoms. The predicted octanol–water partition coefficient (Wildman–Crippen LogP) is 2.73. The lowest BCUT2D eigenvalue weighted by molar-refractivity contribution is 0.935. The highest BCUT2D eigenvalue weighted by Crippen LogP contribution is 2.26. The molecule has 1 aliphatic rings. The van der Waals surface area contributed by atoms with Crippen LogP contribution in [0.1, 0.15) is 12.8 Å². The van der Waals surface area contributed by atoms with Gasteiger partial charge in [-0.3, -0.25) is 0 Å². The molecule has 0 atom stereocenters. The van der Waals surface area contributed by atoms with Gasteiger partial charge in [-0.05, 0) is 18.4 Å². The number of nitrogens with zero attached hydrogens (tertiary/aromatic N) is 4. The second-order valence-electron chi connectivity index (χ2n) is 3.03. The molecular weight excluding hydrogens is 200 g/mol. The Hall–Kier alpha value is -2.82. The van der Waals surface area contributed by atoms with Gasteiger partial charge in [-0.15, -0.1) is 0 Å². The standard InChI is InChI=1S/C12H6N4/c1-15-12(16-2)10-5-3-9(4-6-10)11(7-13)8-14/h3,5H,4,6H2. The fraction of sp³-hybridized carbons (Fsp3) is 0.167. The van der Waals surface area contributed by atoms with Gasteiger partial charge in [0.1, 0.15) is 30.9 Å². The first kappa shape index (κ1) is 11.3. The van der Waals surface area contributed by atoms with E-state index in [1.165, 1.54) is 0 Å². The molecular formula is C12H6N4. The number of nitriles is 2. The number of hydrogen-bond acceptors (Lipinski definition) is 2. The maximum atomic E-state index is 8.67. The van der Waals surface area contributed by atoms with Gasteiger partial charge in [0, 0.05) is 5.57 Å². The Balaban J connectivity index is 3.14. The van der Waals surface area contributed by atoms with E-state index in [2.05, 4.69) is 9.69 Å². The minimum absolute atomic E-state index is 0.0609. The predicted molar refractivity (Wildman–Crippen MR) is 56.9 cm³/mol. The molecule has 0 aromatic rings. The van der Waals surface area contributed by atoms with Gasteiger partial charge < -0.3 is 0 Å². The quantitative estimate of drug-likeness (QED) is 0.452. The molecule has 0 radical (unpaired) electrons. The maximum absolute atomic E-state index is 8.67. The van der Waals surface area contributed by atoms with Crippen LogP contribution in [-0.2, 0) is 0 Å². The van der Waals surface area contributed by atoms with Crippen molar-refractivity contribution in [1.29, 1.82) is 10.5 Å². The van der Waals surface area contributed by atoms with Crippen LogP contribution < -0.4 is 0 Å². The summed E-state index contributed by atoms with van der Waals surface area (Å²) in [6.45, 7) is 13.6. The minimum Gasteiger partial charge on any atom is -0.192 e. The molecule has 0 aliphatic heterocycles. The van der Waals surface area contributed by atoms with E-state index in [0.717, 1.165) is 0 Å². The zero-order valence-corrected chi connectivity index (χ0v) is 8.36. The van der Waals surface area contributed by atoms with E-state index >= 15 is 0 Å². The SMILES string of the molecule is [C-]#[N+]C([N+]#[C-])=C1C=CC(=C(C#N)C#N)CC1. The third kappa shape index (κ3) is 2.16. The monoisotopic (exact) mass is 206 g/mol. The van der Waals surface area contributed by atoms with Crippen molar-refractivity contribution in [2.24, 2.45) is 0 Å². The van der Waals surface area contributed by atoms with Crippen LogP contribution in [-0.4, -0.2) is 0 Å². The van der Waals surface area contributed by atoms with Crippen molar-refractivity contribution in [2.45, 2.75) is 12.8 Å². The fourth-order valence-corrected chi connectivity index (χ4v) is 1.37. The zero-order valence-electron chi connectivity index (χ0n) is 8.36. The Kier molecular flexibility index (Phi) is 3.63. The smallest absolute Gasteiger partial charge is 0.192 e. The minimum atomic E-state index is 0.0609. The van der Waals surface area contributed by atoms with Crippen molar-refractivity contribution in [2.75, 3.05) is 0 Å². The molecule has 4 heteroatoms. The van der Waals surface area contributed by atoms with Gasteiger partial charge in [-0.25, -0.2) is 0 Å². The third-order valence-corrected chi connectivity index (χ3v) is 2.19. The zero-order chi connectivity index (χ0) is 12.0. The van der Waals surface area contributed by atoms with Crippen LogP contribution in [0.4, 0.5) is 0 Å². The van der Waals surface area contributed by atoms with Crippen molar-refractivity contribution in [1.82, 2.24) is 0 Å². The fourth-order valence-electron chi connectivity index (χ4n) is 1.37. The van der Waals surface area contributed by atoms with Gasteiger partial charge >= 0.3 is 5.82 Å². The average molecular weight is 206 g/mol. The van der Waals surface area contributed by atoms with Crippen LogP contribution >= 0.6 is 0 Å². The summed E-state index contributed by atoms with van der Waals surface area (Å²) in [5, 5.41) is 17.3. The summed E-state index contributed by atoms with van der Waals surface area (Å²) in [5.74, 6) is 0.0609. The van der Waals surface area contributed by atoms with Gasteiger partial charge in [-0.1, -0.05) is 12.2 Å². The lowest BCUT2D eigenvalue weighted by Gasteiger charge is -2.08. The summed E-state index contributed by atoms with van der Waals surface area (Å²) >= 11 is 0. The molecule has 0 N–H and O–H groups in total. The summed E-state index contributed by atoms with van der Waals surface area (Å²) in [6, 6.07) is 3.65. The van der Waals surface area contributed by atoms with Crippen LogP contribution in [0, 0.1) is 35.8 Å². The van der Waals surface area contributed by atoms with Crippen molar-refractivity contribution in [3.8, 4) is 12.1 Å². The molecule has 0 aromatic heterocycles. The van der Waals surface area contributed by atoms with Crippen LogP contribution in [0.15, 0.2) is 34.7 Å². The highest BCUT2D eigenvalue weighted by atomic mass is 14.9. The molecule has 0 amide bonds. The molecule has 1 aliphatic carbocycles. The Labute approximate surface area is 93.7 Å². The lowest BCUT2D eigenvalue weighted by Crippen LogP contribution is -1.95. The molecule has 0 saturated heterocycles. The molecule has 0 saturated carbocycles. The first-order chi connectivity index (χ1) is 7.76. The van der Waals surface area contributed by atoms with Crippen molar-refractivity contribution in [3.63, 3.8) is 0 Å².